The van der Waals surface area contributed by atoms with Crippen molar-refractivity contribution in [2.24, 2.45) is 0 Å². The van der Waals surface area contributed by atoms with E-state index in [1.54, 1.807) is 13.8 Å². The predicted octanol–water partition coefficient (Wildman–Crippen LogP) is 8.94. The molecule has 0 bridgehead atoms. The first-order valence-corrected chi connectivity index (χ1v) is 17.6. The fourth-order valence-electron chi connectivity index (χ4n) is 5.22. The van der Waals surface area contributed by atoms with E-state index in [0.717, 1.165) is 12.1 Å². The Morgan fingerprint density at radius 2 is 0.694 bits per heavy atom. The Morgan fingerprint density at radius 3 is 0.984 bits per heavy atom. The predicted molar refractivity (Wildman–Crippen MR) is 194 cm³/mol. The van der Waals surface area contributed by atoms with E-state index < -0.39 is 129 Å². The third-order valence-electron chi connectivity index (χ3n) is 8.37. The lowest BCUT2D eigenvalue weighted by molar-refractivity contribution is 0.0447. The molecule has 62 heavy (non-hydrogen) atoms. The van der Waals surface area contributed by atoms with Crippen LogP contribution in [-0.2, 0) is 32.2 Å². The van der Waals surface area contributed by atoms with Crippen LogP contribution < -0.4 is 0 Å². The molecule has 0 amide bonds. The Morgan fingerprint density at radius 1 is 0.403 bits per heavy atom. The van der Waals surface area contributed by atoms with Gasteiger partial charge in [0.05, 0.1) is 46.6 Å². The zero-order chi connectivity index (χ0) is 45.4. The van der Waals surface area contributed by atoms with E-state index in [-0.39, 0.29) is 35.5 Å². The number of esters is 4. The minimum atomic E-state index is -2.48. The van der Waals surface area contributed by atoms with E-state index in [1.165, 1.54) is 48.5 Å². The summed E-state index contributed by atoms with van der Waals surface area (Å²) in [6, 6.07) is 12.3. The fourth-order valence-corrected chi connectivity index (χ4v) is 5.22. The first kappa shape index (κ1) is 45.5. The zero-order valence-electron chi connectivity index (χ0n) is 31.6. The van der Waals surface area contributed by atoms with Crippen LogP contribution in [0.5, 0.6) is 0 Å². The molecule has 18 heteroatoms. The topological polar surface area (TPSA) is 105 Å². The summed E-state index contributed by atoms with van der Waals surface area (Å²) in [6.45, 7) is 0.219. The third kappa shape index (κ3) is 9.88. The van der Waals surface area contributed by atoms with Gasteiger partial charge in [-0.25, -0.2) is 63.1 Å². The van der Waals surface area contributed by atoms with Gasteiger partial charge in [-0.05, 0) is 74.5 Å². The van der Waals surface area contributed by atoms with Crippen LogP contribution in [0.15, 0.2) is 60.7 Å². The molecule has 0 spiro atoms. The molecule has 0 aliphatic carbocycles. The standard InChI is InChI=1S/C44H24F10O8/c1-3-59-41(55)23-11-5-21(6-12-23)9-15-25-17-28(44(58)62-20-30-33(47)37(51)40(54)38(52)34(30)48)26(16-10-22-7-13-24(14-8-22)42(56)60-4-2)18-27(25)43(57)61-19-29-31(45)35(49)39(53)36(50)32(29)46/h5-8,11-14,17-18H,3-4,19-20H2,1-2H3. The highest BCUT2D eigenvalue weighted by Crippen LogP contribution is 2.27. The van der Waals surface area contributed by atoms with E-state index >= 15 is 0 Å². The molecule has 0 aliphatic rings. The molecule has 5 aromatic rings. The summed E-state index contributed by atoms with van der Waals surface area (Å²) in [6.07, 6.45) is 0. The van der Waals surface area contributed by atoms with E-state index in [0.29, 0.717) is 0 Å². The van der Waals surface area contributed by atoms with Gasteiger partial charge in [0.1, 0.15) is 13.2 Å². The van der Waals surface area contributed by atoms with Crippen LogP contribution in [-0.4, -0.2) is 37.1 Å². The Balaban J connectivity index is 1.65. The number of carbonyl (C=O) groups excluding carboxylic acids is 4. The van der Waals surface area contributed by atoms with Crippen LogP contribution in [0.3, 0.4) is 0 Å². The Bertz CT molecular complexity index is 2500. The van der Waals surface area contributed by atoms with Crippen molar-refractivity contribution in [2.45, 2.75) is 27.1 Å². The number of rotatable bonds is 10. The largest absolute Gasteiger partial charge is 0.462 e. The normalized spacial score (nSPS) is 10.5. The average molecular weight is 871 g/mol. The van der Waals surface area contributed by atoms with E-state index in [1.807, 2.05) is 0 Å². The van der Waals surface area contributed by atoms with Gasteiger partial charge in [-0.2, -0.15) is 0 Å². The molecule has 0 unspecified atom stereocenters. The van der Waals surface area contributed by atoms with E-state index in [2.05, 4.69) is 23.7 Å². The van der Waals surface area contributed by atoms with Gasteiger partial charge < -0.3 is 18.9 Å². The fraction of sp³-hybridized carbons (Fsp3) is 0.136. The number of ether oxygens (including phenoxy) is 4. The summed E-state index contributed by atoms with van der Waals surface area (Å²) in [7, 11) is 0. The molecule has 0 saturated heterocycles. The lowest BCUT2D eigenvalue weighted by atomic mass is 9.97. The maximum Gasteiger partial charge on any atom is 0.339 e. The lowest BCUT2D eigenvalue weighted by Crippen LogP contribution is -2.15. The van der Waals surface area contributed by atoms with Crippen molar-refractivity contribution >= 4 is 23.9 Å². The Labute approximate surface area is 344 Å². The van der Waals surface area contributed by atoms with Gasteiger partial charge in [0.2, 0.25) is 11.6 Å². The van der Waals surface area contributed by atoms with Crippen LogP contribution in [0, 0.1) is 81.9 Å². The lowest BCUT2D eigenvalue weighted by Gasteiger charge is -2.13. The minimum absolute atomic E-state index is 0.0675. The summed E-state index contributed by atoms with van der Waals surface area (Å²) >= 11 is 0. The molecular weight excluding hydrogens is 846 g/mol. The van der Waals surface area contributed by atoms with Crippen LogP contribution >= 0.6 is 0 Å². The second-order valence-electron chi connectivity index (χ2n) is 12.3. The third-order valence-corrected chi connectivity index (χ3v) is 8.37. The molecule has 318 valence electrons. The van der Waals surface area contributed by atoms with Crippen molar-refractivity contribution < 1.29 is 82.0 Å². The average Bonchev–Trinajstić information content (AvgIpc) is 3.27. The monoisotopic (exact) mass is 870 g/mol. The molecule has 8 nitrogen and oxygen atoms in total. The van der Waals surface area contributed by atoms with Gasteiger partial charge in [0, 0.05) is 22.3 Å². The van der Waals surface area contributed by atoms with Gasteiger partial charge in [-0.15, -0.1) is 0 Å². The van der Waals surface area contributed by atoms with Gasteiger partial charge in [-0.1, -0.05) is 23.7 Å². The van der Waals surface area contributed by atoms with Crippen LogP contribution in [0.1, 0.15) is 88.7 Å². The minimum Gasteiger partial charge on any atom is -0.462 e. The second-order valence-corrected chi connectivity index (χ2v) is 12.3. The maximum atomic E-state index is 14.5. The molecule has 0 aliphatic heterocycles. The zero-order valence-corrected chi connectivity index (χ0v) is 31.6. The van der Waals surface area contributed by atoms with Crippen molar-refractivity contribution in [2.75, 3.05) is 13.2 Å². The van der Waals surface area contributed by atoms with Gasteiger partial charge >= 0.3 is 23.9 Å². The molecule has 0 radical (unpaired) electrons. The highest BCUT2D eigenvalue weighted by molar-refractivity contribution is 5.98. The first-order valence-electron chi connectivity index (χ1n) is 17.6. The SMILES string of the molecule is CCOC(=O)c1ccc(C#Cc2cc(C(=O)OCc3c(F)c(F)c(F)c(F)c3F)c(C#Cc3ccc(C(=O)OCC)cc3)cc2C(=O)OCc2c(F)c(F)c(F)c(F)c2F)cc1. The highest BCUT2D eigenvalue weighted by atomic mass is 19.2. The summed E-state index contributed by atoms with van der Waals surface area (Å²) in [5.41, 5.74) is -4.84. The van der Waals surface area contributed by atoms with Crippen molar-refractivity contribution in [3.8, 4) is 23.7 Å². The van der Waals surface area contributed by atoms with E-state index in [4.69, 9.17) is 18.9 Å². The number of carbonyl (C=O) groups is 4. The number of hydrogen-bond acceptors (Lipinski definition) is 8. The molecule has 0 atom stereocenters. The number of halogens is 10. The molecule has 5 aromatic carbocycles. The number of hydrogen-bond donors (Lipinski definition) is 0. The Kier molecular flexibility index (Phi) is 14.4. The van der Waals surface area contributed by atoms with Crippen molar-refractivity contribution in [1.29, 1.82) is 0 Å². The number of benzene rings is 5. The van der Waals surface area contributed by atoms with E-state index in [9.17, 15) is 63.1 Å². The van der Waals surface area contributed by atoms with Crippen molar-refractivity contribution in [1.82, 2.24) is 0 Å². The van der Waals surface area contributed by atoms with Crippen molar-refractivity contribution in [3.05, 3.63) is 174 Å². The van der Waals surface area contributed by atoms with Crippen molar-refractivity contribution in [3.63, 3.8) is 0 Å². The molecule has 0 fully saturated rings. The molecule has 0 saturated carbocycles. The molecular formula is C44H24F10O8. The smallest absolute Gasteiger partial charge is 0.339 e. The summed E-state index contributed by atoms with van der Waals surface area (Å²) < 4.78 is 161. The summed E-state index contributed by atoms with van der Waals surface area (Å²) in [5.74, 6) is -17.7. The van der Waals surface area contributed by atoms with Crippen LogP contribution in [0.4, 0.5) is 43.9 Å². The quantitative estimate of drug-likeness (QED) is 0.0343. The second kappa shape index (κ2) is 19.6. The summed E-state index contributed by atoms with van der Waals surface area (Å²) in [5, 5.41) is 0. The summed E-state index contributed by atoms with van der Waals surface area (Å²) in [4.78, 5) is 51.4. The van der Waals surface area contributed by atoms with Gasteiger partial charge in [0.25, 0.3) is 0 Å². The molecule has 0 aromatic heterocycles. The van der Waals surface area contributed by atoms with Gasteiger partial charge in [0.15, 0.2) is 46.5 Å². The molecule has 0 heterocycles. The molecule has 0 N–H and O–H groups in total. The van der Waals surface area contributed by atoms with Crippen LogP contribution in [0.25, 0.3) is 0 Å². The highest BCUT2D eigenvalue weighted by Gasteiger charge is 2.29. The Hall–Kier alpha value is -7.60. The van der Waals surface area contributed by atoms with Crippen LogP contribution in [0.2, 0.25) is 0 Å². The van der Waals surface area contributed by atoms with Gasteiger partial charge in [-0.3, -0.25) is 0 Å². The molecule has 5 rings (SSSR count). The first-order chi connectivity index (χ1) is 29.5. The maximum absolute atomic E-state index is 14.5.